The lowest BCUT2D eigenvalue weighted by atomic mass is 9.82. The highest BCUT2D eigenvalue weighted by Crippen LogP contribution is 2.46. The van der Waals surface area contributed by atoms with Crippen LogP contribution in [0.25, 0.3) is 72.1 Å². The Balaban J connectivity index is 1.48. The number of aromatic nitrogens is 2. The van der Waals surface area contributed by atoms with Crippen LogP contribution >= 0.6 is 0 Å². The summed E-state index contributed by atoms with van der Waals surface area (Å²) in [6.07, 6.45) is 9.00. The molecule has 1 heterocycles. The van der Waals surface area contributed by atoms with Gasteiger partial charge in [-0.05, 0) is 69.5 Å². The van der Waals surface area contributed by atoms with E-state index in [4.69, 9.17) is 9.97 Å². The minimum absolute atomic E-state index is 0.599. The Labute approximate surface area is 268 Å². The molecule has 3 nitrogen and oxygen atoms in total. The van der Waals surface area contributed by atoms with Crippen molar-refractivity contribution < 1.29 is 0 Å². The smallest absolute Gasteiger partial charge is 0.161 e. The second-order valence-corrected chi connectivity index (χ2v) is 11.5. The highest BCUT2D eigenvalue weighted by Gasteiger charge is 2.22. The molecule has 1 aliphatic rings. The third-order valence-electron chi connectivity index (χ3n) is 8.72. The highest BCUT2D eigenvalue weighted by atomic mass is 14.9. The molecule has 0 aliphatic heterocycles. The Kier molecular flexibility index (Phi) is 7.02. The van der Waals surface area contributed by atoms with Crippen LogP contribution in [-0.2, 0) is 0 Å². The van der Waals surface area contributed by atoms with E-state index in [1.165, 1.54) is 33.0 Å². The predicted octanol–water partition coefficient (Wildman–Crippen LogP) is 11.1. The van der Waals surface area contributed by atoms with Crippen molar-refractivity contribution in [1.82, 2.24) is 9.97 Å². The summed E-state index contributed by atoms with van der Waals surface area (Å²) >= 11 is 0. The molecule has 1 aliphatic carbocycles. The molecule has 6 aromatic carbocycles. The Bertz CT molecular complexity index is 2360. The topological polar surface area (TPSA) is 49.6 Å². The molecule has 46 heavy (non-hydrogen) atoms. The van der Waals surface area contributed by atoms with Gasteiger partial charge in [-0.3, -0.25) is 0 Å². The van der Waals surface area contributed by atoms with Crippen LogP contribution < -0.4 is 0 Å². The molecule has 3 heteroatoms. The summed E-state index contributed by atoms with van der Waals surface area (Å²) in [6, 6.07) is 48.1. The minimum atomic E-state index is 0.599. The number of hydrogen-bond donors (Lipinski definition) is 0. The maximum Gasteiger partial charge on any atom is 0.161 e. The Morgan fingerprint density at radius 2 is 1.20 bits per heavy atom. The third-order valence-corrected chi connectivity index (χ3v) is 8.72. The number of fused-ring (bicyclic) bond motifs is 3. The van der Waals surface area contributed by atoms with Crippen LogP contribution in [-0.4, -0.2) is 9.97 Å². The van der Waals surface area contributed by atoms with Gasteiger partial charge >= 0.3 is 0 Å². The average molecular weight is 588 g/mol. The van der Waals surface area contributed by atoms with Crippen molar-refractivity contribution in [3.63, 3.8) is 0 Å². The molecule has 0 fully saturated rings. The van der Waals surface area contributed by atoms with E-state index in [1.807, 2.05) is 48.5 Å². The van der Waals surface area contributed by atoms with Gasteiger partial charge in [0.05, 0.1) is 23.0 Å². The monoisotopic (exact) mass is 587 g/mol. The fourth-order valence-corrected chi connectivity index (χ4v) is 6.65. The van der Waals surface area contributed by atoms with Crippen LogP contribution in [0, 0.1) is 11.3 Å². The van der Waals surface area contributed by atoms with Gasteiger partial charge in [-0.1, -0.05) is 133 Å². The fraction of sp³-hybridized carbons (Fsp3) is 0.0465. The third kappa shape index (κ3) is 4.87. The molecule has 7 aromatic rings. The van der Waals surface area contributed by atoms with Gasteiger partial charge in [0.25, 0.3) is 0 Å². The van der Waals surface area contributed by atoms with Crippen molar-refractivity contribution in [3.8, 4) is 51.1 Å². The molecule has 1 aromatic heterocycles. The summed E-state index contributed by atoms with van der Waals surface area (Å²) in [5.41, 5.74) is 10.0. The first-order valence-corrected chi connectivity index (χ1v) is 15.6. The van der Waals surface area contributed by atoms with Crippen molar-refractivity contribution in [2.45, 2.75) is 12.8 Å². The van der Waals surface area contributed by atoms with E-state index in [9.17, 15) is 5.26 Å². The van der Waals surface area contributed by atoms with Crippen LogP contribution in [0.1, 0.15) is 24.0 Å². The lowest BCUT2D eigenvalue weighted by Crippen LogP contribution is -1.99. The fourth-order valence-electron chi connectivity index (χ4n) is 6.65. The zero-order valence-corrected chi connectivity index (χ0v) is 25.2. The number of benzene rings is 6. The summed E-state index contributed by atoms with van der Waals surface area (Å²) in [7, 11) is 0. The van der Waals surface area contributed by atoms with E-state index < -0.39 is 0 Å². The van der Waals surface area contributed by atoms with E-state index in [2.05, 4.69) is 109 Å². The summed E-state index contributed by atoms with van der Waals surface area (Å²) in [4.78, 5) is 10.4. The molecule has 0 amide bonds. The van der Waals surface area contributed by atoms with Gasteiger partial charge in [0, 0.05) is 22.1 Å². The number of nitriles is 1. The van der Waals surface area contributed by atoms with Gasteiger partial charge in [-0.2, -0.15) is 5.26 Å². The first-order valence-electron chi connectivity index (χ1n) is 15.6. The SMILES string of the molecule is N#Cc1cccc(-c2cc(-c3ccccc3)nc(-c3cccc4c(C5=CCCC=C5)c(-c5ccccc5)c5ccccc5c34)n2)c1. The summed E-state index contributed by atoms with van der Waals surface area (Å²) in [5, 5.41) is 14.3. The molecule has 0 unspecified atom stereocenters. The maximum absolute atomic E-state index is 9.64. The number of allylic oxidation sites excluding steroid dienone is 4. The molecule has 0 saturated carbocycles. The molecule has 0 atom stereocenters. The standard InChI is InChI=1S/C43H29N3/c44-28-29-14-12-21-33(26-29)39-27-38(30-15-4-1-5-16-30)45-43(46-39)37-25-13-24-36-41(32-19-8-3-9-20-32)40(31-17-6-2-7-18-31)34-22-10-11-23-35(34)42(36)37/h1-2,4-8,10-27H,3,9H2. The Morgan fingerprint density at radius 1 is 0.543 bits per heavy atom. The van der Waals surface area contributed by atoms with E-state index in [0.29, 0.717) is 11.4 Å². The largest absolute Gasteiger partial charge is 0.228 e. The first kappa shape index (κ1) is 27.4. The highest BCUT2D eigenvalue weighted by molar-refractivity contribution is 6.23. The number of hydrogen-bond acceptors (Lipinski definition) is 3. The van der Waals surface area contributed by atoms with Gasteiger partial charge in [0.1, 0.15) is 0 Å². The lowest BCUT2D eigenvalue weighted by molar-refractivity contribution is 1.04. The van der Waals surface area contributed by atoms with Crippen LogP contribution in [0.5, 0.6) is 0 Å². The van der Waals surface area contributed by atoms with Crippen molar-refractivity contribution in [3.05, 3.63) is 163 Å². The quantitative estimate of drug-likeness (QED) is 0.188. The van der Waals surface area contributed by atoms with E-state index in [-0.39, 0.29) is 0 Å². The molecule has 0 spiro atoms. The first-order chi connectivity index (χ1) is 22.8. The minimum Gasteiger partial charge on any atom is -0.228 e. The van der Waals surface area contributed by atoms with Gasteiger partial charge in [-0.15, -0.1) is 0 Å². The second-order valence-electron chi connectivity index (χ2n) is 11.5. The molecule has 0 saturated heterocycles. The van der Waals surface area contributed by atoms with Crippen molar-refractivity contribution in [1.29, 1.82) is 5.26 Å². The van der Waals surface area contributed by atoms with Gasteiger partial charge in [0.2, 0.25) is 0 Å². The van der Waals surface area contributed by atoms with Crippen LogP contribution in [0.15, 0.2) is 152 Å². The zero-order valence-electron chi connectivity index (χ0n) is 25.2. The molecule has 0 radical (unpaired) electrons. The second kappa shape index (κ2) is 11.8. The molecular formula is C43H29N3. The lowest BCUT2D eigenvalue weighted by Gasteiger charge is -2.21. The zero-order chi connectivity index (χ0) is 30.9. The molecular weight excluding hydrogens is 558 g/mol. The van der Waals surface area contributed by atoms with Crippen molar-refractivity contribution >= 4 is 27.1 Å². The summed E-state index contributed by atoms with van der Waals surface area (Å²) in [6.45, 7) is 0. The molecule has 216 valence electrons. The van der Waals surface area contributed by atoms with Crippen molar-refractivity contribution in [2.24, 2.45) is 0 Å². The average Bonchev–Trinajstić information content (AvgIpc) is 3.15. The van der Waals surface area contributed by atoms with E-state index in [0.717, 1.165) is 51.7 Å². The van der Waals surface area contributed by atoms with E-state index in [1.54, 1.807) is 0 Å². The Morgan fingerprint density at radius 3 is 1.93 bits per heavy atom. The Hall–Kier alpha value is -6.11. The molecule has 0 N–H and O–H groups in total. The molecule has 8 rings (SSSR count). The van der Waals surface area contributed by atoms with Gasteiger partial charge in [0.15, 0.2) is 5.82 Å². The van der Waals surface area contributed by atoms with Crippen molar-refractivity contribution in [2.75, 3.05) is 0 Å². The van der Waals surface area contributed by atoms with Gasteiger partial charge in [-0.25, -0.2) is 9.97 Å². The summed E-state index contributed by atoms with van der Waals surface area (Å²) < 4.78 is 0. The van der Waals surface area contributed by atoms with Crippen LogP contribution in [0.2, 0.25) is 0 Å². The van der Waals surface area contributed by atoms with E-state index >= 15 is 0 Å². The predicted molar refractivity (Wildman–Crippen MR) is 190 cm³/mol. The van der Waals surface area contributed by atoms with Crippen LogP contribution in [0.4, 0.5) is 0 Å². The van der Waals surface area contributed by atoms with Gasteiger partial charge < -0.3 is 0 Å². The molecule has 0 bridgehead atoms. The maximum atomic E-state index is 9.64. The number of nitrogens with zero attached hydrogens (tertiary/aromatic N) is 3. The van der Waals surface area contributed by atoms with Crippen LogP contribution in [0.3, 0.4) is 0 Å². The number of rotatable bonds is 5. The normalized spacial score (nSPS) is 12.6. The summed E-state index contributed by atoms with van der Waals surface area (Å²) in [5.74, 6) is 0.654.